The van der Waals surface area contributed by atoms with Gasteiger partial charge in [-0.3, -0.25) is 0 Å². The Balaban J connectivity index is 1.61. The van der Waals surface area contributed by atoms with Crippen LogP contribution in [0.1, 0.15) is 25.1 Å². The molecule has 5 nitrogen and oxygen atoms in total. The van der Waals surface area contributed by atoms with Gasteiger partial charge in [0.05, 0.1) is 5.69 Å². The molecule has 0 unspecified atom stereocenters. The molecule has 130 valence electrons. The first-order valence-corrected chi connectivity index (χ1v) is 8.05. The highest BCUT2D eigenvalue weighted by Crippen LogP contribution is 2.30. The lowest BCUT2D eigenvalue weighted by atomic mass is 9.83. The maximum absolute atomic E-state index is 12.2. The summed E-state index contributed by atoms with van der Waals surface area (Å²) in [6.45, 7) is 0. The van der Waals surface area contributed by atoms with E-state index < -0.39 is 6.36 Å². The van der Waals surface area contributed by atoms with E-state index in [-0.39, 0.29) is 5.75 Å². The average Bonchev–Trinajstić information content (AvgIpc) is 2.92. The van der Waals surface area contributed by atoms with Crippen LogP contribution in [0.4, 0.5) is 13.2 Å². The van der Waals surface area contributed by atoms with E-state index in [1.165, 1.54) is 31.4 Å². The van der Waals surface area contributed by atoms with Crippen LogP contribution in [0.3, 0.4) is 0 Å². The van der Waals surface area contributed by atoms with Crippen LogP contribution in [-0.4, -0.2) is 26.2 Å². The first kappa shape index (κ1) is 15.9. The highest BCUT2D eigenvalue weighted by atomic mass is 19.4. The topological polar surface area (TPSA) is 52.3 Å². The molecule has 1 saturated carbocycles. The quantitative estimate of drug-likeness (QED) is 0.714. The minimum absolute atomic E-state index is 0.257. The molecule has 3 aromatic rings. The van der Waals surface area contributed by atoms with E-state index in [1.54, 1.807) is 28.8 Å². The zero-order valence-electron chi connectivity index (χ0n) is 13.2. The molecule has 2 heterocycles. The van der Waals surface area contributed by atoms with Gasteiger partial charge in [0.15, 0.2) is 11.5 Å². The van der Waals surface area contributed by atoms with Crippen LogP contribution >= 0.6 is 0 Å². The van der Waals surface area contributed by atoms with E-state index in [4.69, 9.17) is 0 Å². The van der Waals surface area contributed by atoms with Gasteiger partial charge in [0.25, 0.3) is 0 Å². The second-order valence-corrected chi connectivity index (χ2v) is 6.18. The lowest BCUT2D eigenvalue weighted by molar-refractivity contribution is -0.274. The molecule has 1 aliphatic carbocycles. The number of alkyl halides is 3. The van der Waals surface area contributed by atoms with Gasteiger partial charge in [-0.15, -0.1) is 23.4 Å². The summed E-state index contributed by atoms with van der Waals surface area (Å²) in [6, 6.07) is 9.22. The van der Waals surface area contributed by atoms with Crippen LogP contribution in [0.15, 0.2) is 36.4 Å². The van der Waals surface area contributed by atoms with Crippen LogP contribution in [-0.2, 0) is 6.42 Å². The van der Waals surface area contributed by atoms with Crippen LogP contribution < -0.4 is 4.74 Å². The third-order valence-corrected chi connectivity index (χ3v) is 4.41. The van der Waals surface area contributed by atoms with Gasteiger partial charge in [-0.25, -0.2) is 0 Å². The SMILES string of the molecule is FC(F)(F)Oc1ccc(-c2ccc3nnc(CC4CCC4)n3n2)cc1. The van der Waals surface area contributed by atoms with Crippen molar-refractivity contribution in [2.45, 2.75) is 32.0 Å². The Bertz CT molecular complexity index is 885. The molecule has 0 saturated heterocycles. The molecule has 4 rings (SSSR count). The number of rotatable bonds is 4. The smallest absolute Gasteiger partial charge is 0.406 e. The van der Waals surface area contributed by atoms with E-state index in [9.17, 15) is 13.2 Å². The van der Waals surface area contributed by atoms with Crippen molar-refractivity contribution in [3.8, 4) is 17.0 Å². The number of halogens is 3. The molecule has 25 heavy (non-hydrogen) atoms. The number of hydrogen-bond acceptors (Lipinski definition) is 4. The van der Waals surface area contributed by atoms with Crippen molar-refractivity contribution >= 4 is 5.65 Å². The van der Waals surface area contributed by atoms with Crippen molar-refractivity contribution in [2.75, 3.05) is 0 Å². The highest BCUT2D eigenvalue weighted by Gasteiger charge is 2.31. The molecule has 0 bridgehead atoms. The van der Waals surface area contributed by atoms with E-state index in [0.717, 1.165) is 12.2 Å². The van der Waals surface area contributed by atoms with Gasteiger partial charge >= 0.3 is 6.36 Å². The zero-order valence-corrected chi connectivity index (χ0v) is 13.2. The summed E-state index contributed by atoms with van der Waals surface area (Å²) < 4.78 is 42.3. The van der Waals surface area contributed by atoms with E-state index in [2.05, 4.69) is 20.0 Å². The number of aromatic nitrogens is 4. The predicted octanol–water partition coefficient (Wildman–Crippen LogP) is 4.03. The van der Waals surface area contributed by atoms with Crippen molar-refractivity contribution in [3.05, 3.63) is 42.2 Å². The van der Waals surface area contributed by atoms with Crippen LogP contribution in [0, 0.1) is 5.92 Å². The Labute approximate surface area is 141 Å². The standard InChI is InChI=1S/C17H15F3N4O/c18-17(19,20)25-13-6-4-12(5-7-13)14-8-9-15-21-22-16(24(15)23-14)10-11-2-1-3-11/h4-9,11H,1-3,10H2. The molecule has 1 fully saturated rings. The maximum atomic E-state index is 12.2. The van der Waals surface area contributed by atoms with E-state index in [1.807, 2.05) is 0 Å². The highest BCUT2D eigenvalue weighted by molar-refractivity contribution is 5.61. The number of fused-ring (bicyclic) bond motifs is 1. The lowest BCUT2D eigenvalue weighted by Gasteiger charge is -2.23. The van der Waals surface area contributed by atoms with Gasteiger partial charge in [0.1, 0.15) is 5.75 Å². The van der Waals surface area contributed by atoms with Crippen LogP contribution in [0.5, 0.6) is 5.75 Å². The second-order valence-electron chi connectivity index (χ2n) is 6.18. The van der Waals surface area contributed by atoms with Gasteiger partial charge in [0.2, 0.25) is 0 Å². The third kappa shape index (κ3) is 3.42. The van der Waals surface area contributed by atoms with Crippen molar-refractivity contribution in [3.63, 3.8) is 0 Å². The van der Waals surface area contributed by atoms with Crippen molar-refractivity contribution in [1.82, 2.24) is 19.8 Å². The molecule has 0 atom stereocenters. The van der Waals surface area contributed by atoms with Crippen molar-refractivity contribution in [2.24, 2.45) is 5.92 Å². The molecular weight excluding hydrogens is 333 g/mol. The maximum Gasteiger partial charge on any atom is 0.573 e. The second kappa shape index (κ2) is 6.02. The fraction of sp³-hybridized carbons (Fsp3) is 0.353. The predicted molar refractivity (Wildman–Crippen MR) is 83.9 cm³/mol. The monoisotopic (exact) mass is 348 g/mol. The van der Waals surface area contributed by atoms with E-state index >= 15 is 0 Å². The van der Waals surface area contributed by atoms with Gasteiger partial charge in [-0.2, -0.15) is 9.61 Å². The number of ether oxygens (including phenoxy) is 1. The third-order valence-electron chi connectivity index (χ3n) is 4.41. The van der Waals surface area contributed by atoms with Crippen molar-refractivity contribution in [1.29, 1.82) is 0 Å². The molecule has 0 radical (unpaired) electrons. The summed E-state index contributed by atoms with van der Waals surface area (Å²) in [5.41, 5.74) is 2.00. The van der Waals surface area contributed by atoms with Crippen LogP contribution in [0.2, 0.25) is 0 Å². The molecule has 1 aliphatic rings. The summed E-state index contributed by atoms with van der Waals surface area (Å²) >= 11 is 0. The minimum atomic E-state index is -4.70. The Morgan fingerprint density at radius 2 is 1.80 bits per heavy atom. The largest absolute Gasteiger partial charge is 0.573 e. The molecular formula is C17H15F3N4O. The Morgan fingerprint density at radius 3 is 2.44 bits per heavy atom. The van der Waals surface area contributed by atoms with E-state index in [0.29, 0.717) is 22.8 Å². The fourth-order valence-electron chi connectivity index (χ4n) is 2.90. The molecule has 8 heteroatoms. The Kier molecular flexibility index (Phi) is 3.82. The Morgan fingerprint density at radius 1 is 1.04 bits per heavy atom. The molecule has 1 aromatic carbocycles. The number of benzene rings is 1. The number of hydrogen-bond donors (Lipinski definition) is 0. The van der Waals surface area contributed by atoms with Gasteiger partial charge in [-0.05, 0) is 42.3 Å². The van der Waals surface area contributed by atoms with Gasteiger partial charge in [0, 0.05) is 12.0 Å². The summed E-state index contributed by atoms with van der Waals surface area (Å²) in [7, 11) is 0. The fourth-order valence-corrected chi connectivity index (χ4v) is 2.90. The first-order chi connectivity index (χ1) is 12.0. The van der Waals surface area contributed by atoms with Crippen LogP contribution in [0.25, 0.3) is 16.9 Å². The first-order valence-electron chi connectivity index (χ1n) is 8.05. The normalized spacial score (nSPS) is 15.3. The molecule has 0 spiro atoms. The zero-order chi connectivity index (χ0) is 17.4. The molecule has 0 amide bonds. The molecule has 2 aromatic heterocycles. The molecule has 0 N–H and O–H groups in total. The summed E-state index contributed by atoms with van der Waals surface area (Å²) in [5, 5.41) is 12.9. The van der Waals surface area contributed by atoms with Gasteiger partial charge in [-0.1, -0.05) is 19.3 Å². The lowest BCUT2D eigenvalue weighted by Crippen LogP contribution is -2.17. The summed E-state index contributed by atoms with van der Waals surface area (Å²) in [4.78, 5) is 0. The van der Waals surface area contributed by atoms with Crippen molar-refractivity contribution < 1.29 is 17.9 Å². The number of nitrogens with zero attached hydrogens (tertiary/aromatic N) is 4. The molecule has 0 aliphatic heterocycles. The Hall–Kier alpha value is -2.64. The summed E-state index contributed by atoms with van der Waals surface area (Å²) in [6.07, 6.45) is -0.190. The summed E-state index contributed by atoms with van der Waals surface area (Å²) in [5.74, 6) is 1.20. The van der Waals surface area contributed by atoms with Gasteiger partial charge < -0.3 is 4.74 Å². The minimum Gasteiger partial charge on any atom is -0.406 e. The average molecular weight is 348 g/mol.